The molecule has 0 unspecified atom stereocenters. The van der Waals surface area contributed by atoms with Gasteiger partial charge in [-0.3, -0.25) is 0 Å². The van der Waals surface area contributed by atoms with Crippen LogP contribution < -0.4 is 0 Å². The van der Waals surface area contributed by atoms with Crippen LogP contribution in [-0.4, -0.2) is 17.2 Å². The summed E-state index contributed by atoms with van der Waals surface area (Å²) in [6, 6.07) is 2.58. The number of phenolic OH excluding ortho intramolecular Hbond substituents is 1. The minimum Gasteiger partial charge on any atom is -0.508 e. The van der Waals surface area contributed by atoms with Gasteiger partial charge in [-0.25, -0.2) is 0 Å². The van der Waals surface area contributed by atoms with Crippen molar-refractivity contribution in [3.8, 4) is 5.75 Å². The number of hydrogen-bond acceptors (Lipinski definition) is 1. The Morgan fingerprint density at radius 3 is 2.00 bits per heavy atom. The maximum atomic E-state index is 13.9. The van der Waals surface area contributed by atoms with E-state index in [1.807, 2.05) is 0 Å². The molecule has 1 aromatic rings. The molecule has 6 heteroatoms. The van der Waals surface area contributed by atoms with Gasteiger partial charge in [0.1, 0.15) is 5.75 Å². The molecule has 0 amide bonds. The smallest absolute Gasteiger partial charge is 0.454 e. The third-order valence-corrected chi connectivity index (χ3v) is 4.22. The first kappa shape index (κ1) is 16.0. The fraction of sp³-hybridized carbons (Fsp3) is 0.600. The number of rotatable bonds is 3. The fourth-order valence-corrected chi connectivity index (χ4v) is 2.84. The summed E-state index contributed by atoms with van der Waals surface area (Å²) in [6.45, 7) is 4.94. The Morgan fingerprint density at radius 2 is 1.62 bits per heavy atom. The lowest BCUT2D eigenvalue weighted by atomic mass is 9.83. The maximum Gasteiger partial charge on any atom is 0.454 e. The van der Waals surface area contributed by atoms with Crippen LogP contribution in [0.4, 0.5) is 22.0 Å². The highest BCUT2D eigenvalue weighted by Crippen LogP contribution is 2.64. The highest BCUT2D eigenvalue weighted by atomic mass is 19.4. The third kappa shape index (κ3) is 2.28. The molecule has 0 atom stereocenters. The van der Waals surface area contributed by atoms with Crippen molar-refractivity contribution in [3.63, 3.8) is 0 Å². The van der Waals surface area contributed by atoms with Crippen molar-refractivity contribution in [2.45, 2.75) is 57.0 Å². The zero-order valence-electron chi connectivity index (χ0n) is 12.0. The summed E-state index contributed by atoms with van der Waals surface area (Å²) < 4.78 is 65.9. The van der Waals surface area contributed by atoms with E-state index in [1.165, 1.54) is 19.1 Å². The van der Waals surface area contributed by atoms with Crippen molar-refractivity contribution in [1.82, 2.24) is 0 Å². The van der Waals surface area contributed by atoms with Crippen LogP contribution in [0.2, 0.25) is 0 Å². The SMILES string of the molecule is Cc1cc(O)c(C(C)C)cc1C1(C(F)(F)C(F)(F)F)CC1. The van der Waals surface area contributed by atoms with Crippen LogP contribution in [0.25, 0.3) is 0 Å². The molecule has 1 fully saturated rings. The second-order valence-electron chi connectivity index (χ2n) is 6.03. The number of aryl methyl sites for hydroxylation is 1. The molecule has 0 aliphatic heterocycles. The third-order valence-electron chi connectivity index (χ3n) is 4.22. The van der Waals surface area contributed by atoms with Crippen LogP contribution >= 0.6 is 0 Å². The lowest BCUT2D eigenvalue weighted by Crippen LogP contribution is -2.47. The van der Waals surface area contributed by atoms with Gasteiger partial charge in [0.05, 0.1) is 5.41 Å². The average Bonchev–Trinajstić information content (AvgIpc) is 3.08. The quantitative estimate of drug-likeness (QED) is 0.774. The molecule has 1 N–H and O–H groups in total. The zero-order chi connectivity index (χ0) is 16.2. The number of alkyl halides is 5. The summed E-state index contributed by atoms with van der Waals surface area (Å²) >= 11 is 0. The van der Waals surface area contributed by atoms with Crippen LogP contribution in [0, 0.1) is 6.92 Å². The monoisotopic (exact) mass is 308 g/mol. The highest BCUT2D eigenvalue weighted by molar-refractivity contribution is 5.49. The minimum atomic E-state index is -5.58. The summed E-state index contributed by atoms with van der Waals surface area (Å²) in [7, 11) is 0. The summed E-state index contributed by atoms with van der Waals surface area (Å²) in [5, 5.41) is 9.83. The van der Waals surface area contributed by atoms with Crippen molar-refractivity contribution < 1.29 is 27.1 Å². The van der Waals surface area contributed by atoms with Crippen molar-refractivity contribution in [3.05, 3.63) is 28.8 Å². The number of benzene rings is 1. The molecule has 0 aromatic heterocycles. The van der Waals surface area contributed by atoms with Crippen molar-refractivity contribution >= 4 is 0 Å². The van der Waals surface area contributed by atoms with E-state index >= 15 is 0 Å². The van der Waals surface area contributed by atoms with Gasteiger partial charge >= 0.3 is 12.1 Å². The van der Waals surface area contributed by atoms with E-state index in [4.69, 9.17) is 0 Å². The molecule has 0 saturated heterocycles. The molecule has 21 heavy (non-hydrogen) atoms. The van der Waals surface area contributed by atoms with Gasteiger partial charge < -0.3 is 5.11 Å². The molecule has 0 heterocycles. The molecular weight excluding hydrogens is 291 g/mol. The molecule has 1 aliphatic rings. The van der Waals surface area contributed by atoms with Gasteiger partial charge in [0, 0.05) is 0 Å². The Hall–Kier alpha value is -1.33. The van der Waals surface area contributed by atoms with Gasteiger partial charge in [-0.15, -0.1) is 0 Å². The molecule has 118 valence electrons. The zero-order valence-corrected chi connectivity index (χ0v) is 12.0. The molecule has 2 rings (SSSR count). The van der Waals surface area contributed by atoms with Gasteiger partial charge in [0.15, 0.2) is 0 Å². The van der Waals surface area contributed by atoms with E-state index in [-0.39, 0.29) is 35.6 Å². The van der Waals surface area contributed by atoms with Crippen molar-refractivity contribution in [1.29, 1.82) is 0 Å². The minimum absolute atomic E-state index is 0.00803. The standard InChI is InChI=1S/C15H17F5O/c1-8(2)10-7-11(9(3)6-12(10)21)13(4-5-13)14(16,17)15(18,19)20/h6-8,21H,4-5H2,1-3H3. The van der Waals surface area contributed by atoms with E-state index in [9.17, 15) is 27.1 Å². The topological polar surface area (TPSA) is 20.2 Å². The average molecular weight is 308 g/mol. The van der Waals surface area contributed by atoms with Crippen LogP contribution in [0.3, 0.4) is 0 Å². The first-order valence-corrected chi connectivity index (χ1v) is 6.72. The first-order valence-electron chi connectivity index (χ1n) is 6.72. The maximum absolute atomic E-state index is 13.9. The molecule has 0 radical (unpaired) electrons. The van der Waals surface area contributed by atoms with E-state index < -0.39 is 17.5 Å². The summed E-state index contributed by atoms with van der Waals surface area (Å²) in [5.41, 5.74) is -1.54. The summed E-state index contributed by atoms with van der Waals surface area (Å²) in [6.07, 6.45) is -5.99. The Labute approximate surface area is 119 Å². The lowest BCUT2D eigenvalue weighted by Gasteiger charge is -2.30. The Morgan fingerprint density at radius 1 is 1.10 bits per heavy atom. The van der Waals surface area contributed by atoms with Crippen molar-refractivity contribution in [2.75, 3.05) is 0 Å². The first-order chi connectivity index (χ1) is 9.44. The van der Waals surface area contributed by atoms with Gasteiger partial charge in [-0.1, -0.05) is 19.9 Å². The van der Waals surface area contributed by atoms with Gasteiger partial charge in [0.2, 0.25) is 0 Å². The predicted molar refractivity (Wildman–Crippen MR) is 68.8 cm³/mol. The van der Waals surface area contributed by atoms with Crippen LogP contribution in [-0.2, 0) is 5.41 Å². The molecule has 0 spiro atoms. The van der Waals surface area contributed by atoms with Crippen LogP contribution in [0.5, 0.6) is 5.75 Å². The lowest BCUT2D eigenvalue weighted by molar-refractivity contribution is -0.296. The molecule has 1 saturated carbocycles. The Balaban J connectivity index is 2.59. The largest absolute Gasteiger partial charge is 0.508 e. The molecule has 1 aliphatic carbocycles. The van der Waals surface area contributed by atoms with Crippen LogP contribution in [0.15, 0.2) is 12.1 Å². The Kier molecular flexibility index (Phi) is 3.50. The molecular formula is C15H17F5O. The van der Waals surface area contributed by atoms with Gasteiger partial charge in [-0.05, 0) is 48.4 Å². The highest BCUT2D eigenvalue weighted by Gasteiger charge is 2.75. The van der Waals surface area contributed by atoms with Gasteiger partial charge in [0.25, 0.3) is 0 Å². The van der Waals surface area contributed by atoms with E-state index in [2.05, 4.69) is 0 Å². The van der Waals surface area contributed by atoms with E-state index in [1.54, 1.807) is 13.8 Å². The molecule has 1 nitrogen and oxygen atoms in total. The van der Waals surface area contributed by atoms with Gasteiger partial charge in [-0.2, -0.15) is 22.0 Å². The number of halogens is 5. The number of phenols is 1. The van der Waals surface area contributed by atoms with Crippen LogP contribution in [0.1, 0.15) is 49.3 Å². The van der Waals surface area contributed by atoms with E-state index in [0.29, 0.717) is 5.56 Å². The number of hydrogen-bond donors (Lipinski definition) is 1. The summed E-state index contributed by atoms with van der Waals surface area (Å²) in [4.78, 5) is 0. The molecule has 1 aromatic carbocycles. The Bertz CT molecular complexity index is 556. The normalized spacial score (nSPS) is 18.1. The number of aromatic hydroxyl groups is 1. The predicted octanol–water partition coefficient (Wildman–Crippen LogP) is 5.05. The van der Waals surface area contributed by atoms with E-state index in [0.717, 1.165) is 0 Å². The molecule has 0 bridgehead atoms. The fourth-order valence-electron chi connectivity index (χ4n) is 2.84. The summed E-state index contributed by atoms with van der Waals surface area (Å²) in [5.74, 6) is -5.01. The van der Waals surface area contributed by atoms with Crippen molar-refractivity contribution in [2.24, 2.45) is 0 Å². The second-order valence-corrected chi connectivity index (χ2v) is 6.03. The second kappa shape index (κ2) is 4.58.